The topological polar surface area (TPSA) is 33.7 Å². The monoisotopic (exact) mass is 871 g/mol. The number of furan rings is 1. The third kappa shape index (κ3) is 6.19. The van der Waals surface area contributed by atoms with Gasteiger partial charge in [0.15, 0.2) is 0 Å². The van der Waals surface area contributed by atoms with Crippen LogP contribution in [0.15, 0.2) is 215 Å². The first-order chi connectivity index (χ1) is 32.4. The van der Waals surface area contributed by atoms with Gasteiger partial charge in [-0.2, -0.15) is 0 Å². The van der Waals surface area contributed by atoms with E-state index < -0.39 is 0 Å². The Balaban J connectivity index is 0.922. The van der Waals surface area contributed by atoms with Crippen molar-refractivity contribution in [3.8, 4) is 0 Å². The van der Waals surface area contributed by atoms with Crippen molar-refractivity contribution >= 4 is 86.0 Å². The number of hydrogen-bond donors (Lipinski definition) is 0. The predicted molar refractivity (Wildman–Crippen MR) is 281 cm³/mol. The quantitative estimate of drug-likeness (QED) is 0.118. The minimum Gasteiger partial charge on any atom is -0.456 e. The van der Waals surface area contributed by atoms with E-state index in [0.717, 1.165) is 57.3 Å². The number of aromatic nitrogens is 1. The third-order valence-corrected chi connectivity index (χ3v) is 16.1. The Morgan fingerprint density at radius 3 is 2.38 bits per heavy atom. The lowest BCUT2D eigenvalue weighted by Crippen LogP contribution is -2.38. The van der Waals surface area contributed by atoms with E-state index in [1.54, 1.807) is 0 Å². The molecule has 320 valence electrons. The summed E-state index contributed by atoms with van der Waals surface area (Å²) < 4.78 is 9.15. The number of hydrogen-bond acceptors (Lipinski definition) is 3. The van der Waals surface area contributed by atoms with Gasteiger partial charge in [-0.05, 0) is 106 Å². The Labute approximate surface area is 387 Å². The molecule has 0 amide bonds. The lowest BCUT2D eigenvalue weighted by molar-refractivity contribution is 0.623. The van der Waals surface area contributed by atoms with Gasteiger partial charge in [-0.3, -0.25) is 4.57 Å². The van der Waals surface area contributed by atoms with Crippen LogP contribution in [0.4, 0.5) is 5.69 Å². The van der Waals surface area contributed by atoms with Crippen LogP contribution in [0.1, 0.15) is 50.3 Å². The van der Waals surface area contributed by atoms with Crippen LogP contribution in [0.25, 0.3) is 60.7 Å². The number of fused-ring (bicyclic) bond motifs is 12. The first-order valence-corrected chi connectivity index (χ1v) is 24.6. The van der Waals surface area contributed by atoms with Gasteiger partial charge in [0, 0.05) is 56.3 Å². The second-order valence-corrected chi connectivity index (χ2v) is 20.3. The minimum atomic E-state index is -0.0381. The van der Waals surface area contributed by atoms with Gasteiger partial charge in [0.2, 0.25) is 0 Å². The zero-order chi connectivity index (χ0) is 44.1. The van der Waals surface area contributed by atoms with Crippen molar-refractivity contribution in [2.45, 2.75) is 51.1 Å². The van der Waals surface area contributed by atoms with Crippen LogP contribution in [-0.4, -0.2) is 22.4 Å². The molecule has 0 spiro atoms. The number of anilines is 1. The summed E-state index contributed by atoms with van der Waals surface area (Å²) in [5.74, 6) is 3.80. The van der Waals surface area contributed by atoms with Gasteiger partial charge in [0.25, 0.3) is 0 Å². The molecule has 3 heterocycles. The van der Waals surface area contributed by atoms with Crippen LogP contribution < -0.4 is 10.2 Å². The number of nitrogens with zero attached hydrogens (tertiary/aromatic N) is 3. The van der Waals surface area contributed by atoms with E-state index in [9.17, 15) is 0 Å². The van der Waals surface area contributed by atoms with Gasteiger partial charge < -0.3 is 9.32 Å². The summed E-state index contributed by atoms with van der Waals surface area (Å²) >= 11 is 0. The summed E-state index contributed by atoms with van der Waals surface area (Å²) in [7, 11) is 0.465. The molecule has 5 aliphatic rings. The molecule has 1 fully saturated rings. The maximum atomic E-state index is 6.79. The van der Waals surface area contributed by atoms with Crippen LogP contribution in [-0.2, 0) is 5.41 Å². The van der Waals surface area contributed by atoms with Gasteiger partial charge in [-0.25, -0.2) is 4.99 Å². The minimum absolute atomic E-state index is 0.0381. The van der Waals surface area contributed by atoms with Crippen LogP contribution in [0.5, 0.6) is 0 Å². The Morgan fingerprint density at radius 2 is 1.53 bits per heavy atom. The average Bonchev–Trinajstić information content (AvgIpc) is 4.06. The summed E-state index contributed by atoms with van der Waals surface area (Å²) in [5, 5.41) is 5.96. The molecule has 0 saturated carbocycles. The number of aliphatic imine (C=N–C) groups is 1. The summed E-state index contributed by atoms with van der Waals surface area (Å²) in [6, 6.07) is 51.6. The van der Waals surface area contributed by atoms with Crippen molar-refractivity contribution in [3.63, 3.8) is 0 Å². The zero-order valence-electron chi connectivity index (χ0n) is 37.4. The Kier molecular flexibility index (Phi) is 9.12. The third-order valence-electron chi connectivity index (χ3n) is 15.0. The van der Waals surface area contributed by atoms with E-state index in [-0.39, 0.29) is 29.3 Å². The fourth-order valence-corrected chi connectivity index (χ4v) is 12.7. The SMILES string of the molecule is CC(=N/C(=C\Pc1ccccc1)n1c2ccccc2c2cc3c(cc21)oc1ccc(C2=CCC4C(=C2)C2C=C5C(=CC2N4c2ccccc2)C(C)(C)c2ccccc25)cc13)C1C=CC=CC1. The molecular formula is C61H50N3OP. The lowest BCUT2D eigenvalue weighted by Gasteiger charge is -2.35. The molecule has 0 bridgehead atoms. The standard InChI is InChI=1S/C61H50N3OP/c1-38(39-17-7-4-8-18-39)62-60(37-66-43-21-11-6-12-22-43)64-54-26-16-14-24-45(54)48-34-51-50-32-41(28-30-58(50)65-59(51)36-57(48)64)40-27-29-55-47(31-40)49-33-46-44-23-13-15-25-52(44)61(2,3)53(46)35-56(49)63(55)42-19-9-5-10-20-42/h4-17,19-28,30-37,39,49,55-56,66H,18,29H2,1-3H3/b60-37+,62-38?. The first kappa shape index (κ1) is 39.4. The van der Waals surface area contributed by atoms with Crippen LogP contribution in [0.2, 0.25) is 0 Å². The second-order valence-electron chi connectivity index (χ2n) is 19.1. The van der Waals surface area contributed by atoms with Gasteiger partial charge in [0.05, 0.1) is 23.1 Å². The molecule has 5 heteroatoms. The molecule has 4 aliphatic carbocycles. The molecule has 5 unspecified atom stereocenters. The van der Waals surface area contributed by atoms with Crippen molar-refractivity contribution < 1.29 is 4.42 Å². The number of para-hydroxylation sites is 2. The van der Waals surface area contributed by atoms with Gasteiger partial charge in [-0.1, -0.05) is 168 Å². The molecule has 5 atom stereocenters. The molecule has 8 aromatic rings. The highest BCUT2D eigenvalue weighted by Crippen LogP contribution is 2.56. The molecule has 66 heavy (non-hydrogen) atoms. The van der Waals surface area contributed by atoms with E-state index in [0.29, 0.717) is 8.58 Å². The maximum Gasteiger partial charge on any atom is 0.138 e. The molecule has 4 nitrogen and oxygen atoms in total. The zero-order valence-corrected chi connectivity index (χ0v) is 38.4. The van der Waals surface area contributed by atoms with Gasteiger partial charge >= 0.3 is 0 Å². The summed E-state index contributed by atoms with van der Waals surface area (Å²) in [6.45, 7) is 6.97. The van der Waals surface area contributed by atoms with Gasteiger partial charge in [-0.15, -0.1) is 0 Å². The molecule has 2 aromatic heterocycles. The van der Waals surface area contributed by atoms with Crippen LogP contribution in [0, 0.1) is 11.8 Å². The van der Waals surface area contributed by atoms with Crippen molar-refractivity contribution in [1.82, 2.24) is 4.57 Å². The second kappa shape index (κ2) is 15.3. The van der Waals surface area contributed by atoms with Crippen molar-refractivity contribution in [2.24, 2.45) is 16.8 Å². The normalized spacial score (nSPS) is 22.2. The van der Waals surface area contributed by atoms with Crippen molar-refractivity contribution in [1.29, 1.82) is 0 Å². The highest BCUT2D eigenvalue weighted by Gasteiger charge is 2.49. The largest absolute Gasteiger partial charge is 0.456 e. The van der Waals surface area contributed by atoms with Crippen molar-refractivity contribution in [2.75, 3.05) is 4.90 Å². The first-order valence-electron chi connectivity index (χ1n) is 23.5. The van der Waals surface area contributed by atoms with E-state index in [2.05, 4.69) is 224 Å². The number of rotatable bonds is 7. The van der Waals surface area contributed by atoms with E-state index in [4.69, 9.17) is 9.41 Å². The average molecular weight is 872 g/mol. The fourth-order valence-electron chi connectivity index (χ4n) is 11.8. The smallest absolute Gasteiger partial charge is 0.138 e. The van der Waals surface area contributed by atoms with E-state index in [1.807, 2.05) is 0 Å². The highest BCUT2D eigenvalue weighted by molar-refractivity contribution is 7.50. The molecule has 0 radical (unpaired) electrons. The summed E-state index contributed by atoms with van der Waals surface area (Å²) in [6.07, 6.45) is 20.9. The predicted octanol–water partition coefficient (Wildman–Crippen LogP) is 14.9. The van der Waals surface area contributed by atoms with E-state index >= 15 is 0 Å². The summed E-state index contributed by atoms with van der Waals surface area (Å²) in [5.41, 5.74) is 16.1. The number of allylic oxidation sites excluding steroid dienone is 8. The number of benzene rings is 6. The molecular weight excluding hydrogens is 822 g/mol. The Bertz CT molecular complexity index is 3570. The van der Waals surface area contributed by atoms with Crippen LogP contribution in [0.3, 0.4) is 0 Å². The Morgan fingerprint density at radius 1 is 0.742 bits per heavy atom. The molecule has 6 aromatic carbocycles. The van der Waals surface area contributed by atoms with Crippen molar-refractivity contribution in [3.05, 3.63) is 222 Å². The van der Waals surface area contributed by atoms with Crippen LogP contribution >= 0.6 is 8.58 Å². The maximum absolute atomic E-state index is 6.79. The molecule has 13 rings (SSSR count). The Hall–Kier alpha value is -7.00. The molecule has 1 saturated heterocycles. The molecule has 0 N–H and O–H groups in total. The highest BCUT2D eigenvalue weighted by atomic mass is 31.1. The summed E-state index contributed by atoms with van der Waals surface area (Å²) in [4.78, 5) is 8.16. The van der Waals surface area contributed by atoms with E-state index in [1.165, 1.54) is 60.7 Å². The van der Waals surface area contributed by atoms with Gasteiger partial charge in [0.1, 0.15) is 17.0 Å². The lowest BCUT2D eigenvalue weighted by atomic mass is 9.76. The fraction of sp³-hybridized carbons (Fsp3) is 0.164. The molecule has 1 aliphatic heterocycles.